The Bertz CT molecular complexity index is 812. The van der Waals surface area contributed by atoms with Gasteiger partial charge in [-0.15, -0.1) is 11.3 Å². The summed E-state index contributed by atoms with van der Waals surface area (Å²) in [5.74, 6) is -1.38. The smallest absolute Gasteiger partial charge is 0.417 e. The highest BCUT2D eigenvalue weighted by molar-refractivity contribution is 7.92. The molecule has 1 aromatic carbocycles. The van der Waals surface area contributed by atoms with E-state index in [2.05, 4.69) is 0 Å². The lowest BCUT2D eigenvalue weighted by Crippen LogP contribution is -2.19. The normalized spacial score (nSPS) is 12.1. The highest BCUT2D eigenvalue weighted by Crippen LogP contribution is 2.35. The third-order valence-electron chi connectivity index (χ3n) is 2.59. The molecule has 10 heteroatoms. The fourth-order valence-electron chi connectivity index (χ4n) is 1.69. The summed E-state index contributed by atoms with van der Waals surface area (Å²) in [6, 6.07) is 4.82. The summed E-state index contributed by atoms with van der Waals surface area (Å²) in [4.78, 5) is 9.65. The van der Waals surface area contributed by atoms with Crippen LogP contribution in [0.4, 0.5) is 18.9 Å². The first kappa shape index (κ1) is 16.3. The van der Waals surface area contributed by atoms with Gasteiger partial charge in [-0.1, -0.05) is 12.1 Å². The number of hydrogen-bond acceptors (Lipinski definition) is 4. The molecule has 0 spiro atoms. The first-order chi connectivity index (χ1) is 10.1. The fraction of sp³-hybridized carbons (Fsp3) is 0.0833. The van der Waals surface area contributed by atoms with Crippen molar-refractivity contribution in [1.82, 2.24) is 0 Å². The molecule has 0 fully saturated rings. The quantitative estimate of drug-likeness (QED) is 0.886. The number of halogens is 3. The van der Waals surface area contributed by atoms with Gasteiger partial charge in [0.25, 0.3) is 10.0 Å². The van der Waals surface area contributed by atoms with Crippen LogP contribution < -0.4 is 4.72 Å². The molecule has 0 aliphatic rings. The number of alkyl halides is 3. The van der Waals surface area contributed by atoms with E-state index in [-0.39, 0.29) is 10.6 Å². The number of sulfonamides is 1. The Morgan fingerprint density at radius 1 is 1.18 bits per heavy atom. The third-order valence-corrected chi connectivity index (χ3v) is 4.91. The number of rotatable bonds is 4. The van der Waals surface area contributed by atoms with Gasteiger partial charge >= 0.3 is 12.1 Å². The molecule has 0 aliphatic carbocycles. The van der Waals surface area contributed by atoms with E-state index in [1.807, 2.05) is 4.72 Å². The summed E-state index contributed by atoms with van der Waals surface area (Å²) in [7, 11) is -4.58. The molecule has 1 heterocycles. The molecule has 2 N–H and O–H groups in total. The maximum absolute atomic E-state index is 12.9. The summed E-state index contributed by atoms with van der Waals surface area (Å²) in [6.07, 6.45) is -4.85. The van der Waals surface area contributed by atoms with Gasteiger partial charge in [0.15, 0.2) is 0 Å². The van der Waals surface area contributed by atoms with Crippen LogP contribution in [0, 0.1) is 0 Å². The largest absolute Gasteiger partial charge is 0.477 e. The first-order valence-corrected chi connectivity index (χ1v) is 7.99. The van der Waals surface area contributed by atoms with E-state index in [1.54, 1.807) is 0 Å². The molecule has 0 radical (unpaired) electrons. The zero-order valence-electron chi connectivity index (χ0n) is 10.6. The zero-order chi connectivity index (χ0) is 16.5. The number of nitrogens with one attached hydrogen (secondary N) is 1. The molecule has 0 atom stereocenters. The average molecular weight is 351 g/mol. The van der Waals surface area contributed by atoms with Gasteiger partial charge in [-0.3, -0.25) is 4.72 Å². The molecule has 0 saturated carbocycles. The molecule has 0 unspecified atom stereocenters. The van der Waals surface area contributed by atoms with Crippen LogP contribution in [0.3, 0.4) is 0 Å². The van der Waals surface area contributed by atoms with Crippen LogP contribution in [-0.2, 0) is 16.2 Å². The van der Waals surface area contributed by atoms with E-state index in [9.17, 15) is 26.4 Å². The summed E-state index contributed by atoms with van der Waals surface area (Å²) >= 11 is 0.755. The number of carboxylic acids is 1. The third kappa shape index (κ3) is 3.22. The van der Waals surface area contributed by atoms with Crippen LogP contribution in [0.15, 0.2) is 40.6 Å². The Kier molecular flexibility index (Phi) is 4.16. The number of benzene rings is 1. The Hall–Kier alpha value is -2.07. The van der Waals surface area contributed by atoms with Crippen molar-refractivity contribution >= 4 is 33.0 Å². The van der Waals surface area contributed by atoms with Crippen molar-refractivity contribution in [2.75, 3.05) is 4.72 Å². The van der Waals surface area contributed by atoms with E-state index in [0.29, 0.717) is 6.07 Å². The van der Waals surface area contributed by atoms with E-state index in [0.717, 1.165) is 29.5 Å². The van der Waals surface area contributed by atoms with E-state index < -0.39 is 32.6 Å². The summed E-state index contributed by atoms with van der Waals surface area (Å²) in [5.41, 5.74) is -1.61. The first-order valence-electron chi connectivity index (χ1n) is 5.63. The molecule has 2 aromatic rings. The SMILES string of the molecule is O=C(O)c1sccc1NS(=O)(=O)c1ccccc1C(F)(F)F. The topological polar surface area (TPSA) is 83.5 Å². The number of carbonyl (C=O) groups is 1. The minimum absolute atomic E-state index is 0.283. The number of thiophene rings is 1. The number of carboxylic acid groups (broad SMARTS) is 1. The van der Waals surface area contributed by atoms with Crippen molar-refractivity contribution in [3.8, 4) is 0 Å². The monoisotopic (exact) mass is 351 g/mol. The van der Waals surface area contributed by atoms with Crippen LogP contribution in [0.1, 0.15) is 15.2 Å². The molecule has 0 bridgehead atoms. The highest BCUT2D eigenvalue weighted by atomic mass is 32.2. The van der Waals surface area contributed by atoms with Crippen molar-refractivity contribution < 1.29 is 31.5 Å². The van der Waals surface area contributed by atoms with Crippen LogP contribution in [0.2, 0.25) is 0 Å². The lowest BCUT2D eigenvalue weighted by atomic mass is 10.2. The van der Waals surface area contributed by atoms with Gasteiger partial charge in [0.1, 0.15) is 4.88 Å². The number of hydrogen-bond donors (Lipinski definition) is 2. The lowest BCUT2D eigenvalue weighted by Gasteiger charge is -2.14. The Morgan fingerprint density at radius 3 is 2.41 bits per heavy atom. The van der Waals surface area contributed by atoms with Gasteiger partial charge in [-0.05, 0) is 23.6 Å². The van der Waals surface area contributed by atoms with Crippen molar-refractivity contribution in [2.45, 2.75) is 11.1 Å². The molecule has 1 aromatic heterocycles. The molecule has 22 heavy (non-hydrogen) atoms. The summed E-state index contributed by atoms with van der Waals surface area (Å²) in [5, 5.41) is 10.2. The highest BCUT2D eigenvalue weighted by Gasteiger charge is 2.37. The van der Waals surface area contributed by atoms with Gasteiger partial charge in [0.2, 0.25) is 0 Å². The van der Waals surface area contributed by atoms with Crippen molar-refractivity contribution in [3.05, 3.63) is 46.2 Å². The maximum Gasteiger partial charge on any atom is 0.417 e. The molecule has 0 saturated heterocycles. The summed E-state index contributed by atoms with van der Waals surface area (Å²) in [6.45, 7) is 0. The van der Waals surface area contributed by atoms with Crippen LogP contribution >= 0.6 is 11.3 Å². The second-order valence-electron chi connectivity index (χ2n) is 4.07. The van der Waals surface area contributed by atoms with E-state index >= 15 is 0 Å². The Morgan fingerprint density at radius 2 is 1.82 bits per heavy atom. The zero-order valence-corrected chi connectivity index (χ0v) is 12.2. The van der Waals surface area contributed by atoms with Crippen LogP contribution in [0.25, 0.3) is 0 Å². The van der Waals surface area contributed by atoms with Crippen molar-refractivity contribution in [1.29, 1.82) is 0 Å². The summed E-state index contributed by atoms with van der Waals surface area (Å²) < 4.78 is 64.8. The van der Waals surface area contributed by atoms with Crippen molar-refractivity contribution in [3.63, 3.8) is 0 Å². The van der Waals surface area contributed by atoms with E-state index in [1.165, 1.54) is 11.4 Å². The second-order valence-corrected chi connectivity index (χ2v) is 6.63. The molecule has 0 aliphatic heterocycles. The van der Waals surface area contributed by atoms with Gasteiger partial charge in [0.05, 0.1) is 16.1 Å². The molecular formula is C12H8F3NO4S2. The van der Waals surface area contributed by atoms with Gasteiger partial charge < -0.3 is 5.11 Å². The van der Waals surface area contributed by atoms with Crippen molar-refractivity contribution in [2.24, 2.45) is 0 Å². The van der Waals surface area contributed by atoms with E-state index in [4.69, 9.17) is 5.11 Å². The Balaban J connectivity index is 2.49. The standard InChI is InChI=1S/C12H8F3NO4S2/c13-12(14,15)7-3-1-2-4-9(7)22(19,20)16-8-5-6-21-10(8)11(17)18/h1-6,16H,(H,17,18). The van der Waals surface area contributed by atoms with Crippen LogP contribution in [-0.4, -0.2) is 19.5 Å². The molecule has 0 amide bonds. The van der Waals surface area contributed by atoms with Crippen LogP contribution in [0.5, 0.6) is 0 Å². The lowest BCUT2D eigenvalue weighted by molar-refractivity contribution is -0.139. The molecular weight excluding hydrogens is 343 g/mol. The fourth-order valence-corrected chi connectivity index (χ4v) is 3.74. The van der Waals surface area contributed by atoms with Gasteiger partial charge in [-0.25, -0.2) is 13.2 Å². The predicted molar refractivity (Wildman–Crippen MR) is 73.5 cm³/mol. The Labute approximate surface area is 127 Å². The molecule has 118 valence electrons. The molecule has 2 rings (SSSR count). The van der Waals surface area contributed by atoms with Gasteiger partial charge in [-0.2, -0.15) is 13.2 Å². The number of anilines is 1. The predicted octanol–water partition coefficient (Wildman–Crippen LogP) is 3.27. The second kappa shape index (κ2) is 5.61. The minimum Gasteiger partial charge on any atom is -0.477 e. The minimum atomic E-state index is -4.85. The van der Waals surface area contributed by atoms with Gasteiger partial charge in [0, 0.05) is 0 Å². The maximum atomic E-state index is 12.9. The molecule has 5 nitrogen and oxygen atoms in total. The average Bonchev–Trinajstić information content (AvgIpc) is 2.85. The number of aromatic carboxylic acids is 1.